The number of nitrogens with zero attached hydrogens (tertiary/aromatic N) is 5. The molecular formula is C12H22N6. The highest BCUT2D eigenvalue weighted by atomic mass is 15.3. The summed E-state index contributed by atoms with van der Waals surface area (Å²) >= 11 is 0. The largest absolute Gasteiger partial charge is 0.368 e. The molecule has 2 heterocycles. The van der Waals surface area contributed by atoms with Gasteiger partial charge in [0.15, 0.2) is 0 Å². The van der Waals surface area contributed by atoms with Gasteiger partial charge in [0.2, 0.25) is 17.8 Å². The summed E-state index contributed by atoms with van der Waals surface area (Å²) in [7, 11) is 3.81. The summed E-state index contributed by atoms with van der Waals surface area (Å²) in [6.07, 6.45) is 4.93. The van der Waals surface area contributed by atoms with Crippen LogP contribution in [0.15, 0.2) is 0 Å². The first-order valence-corrected chi connectivity index (χ1v) is 6.53. The van der Waals surface area contributed by atoms with Crippen LogP contribution in [0, 0.1) is 0 Å². The van der Waals surface area contributed by atoms with Gasteiger partial charge in [-0.2, -0.15) is 15.0 Å². The molecule has 0 aliphatic carbocycles. The third-order valence-corrected chi connectivity index (χ3v) is 3.34. The molecule has 6 heteroatoms. The van der Waals surface area contributed by atoms with Crippen LogP contribution in [0.5, 0.6) is 0 Å². The van der Waals surface area contributed by atoms with Gasteiger partial charge in [0.25, 0.3) is 0 Å². The van der Waals surface area contributed by atoms with Crippen LogP contribution in [0.3, 0.4) is 0 Å². The third-order valence-electron chi connectivity index (χ3n) is 3.34. The summed E-state index contributed by atoms with van der Waals surface area (Å²) in [6.45, 7) is 3.22. The van der Waals surface area contributed by atoms with E-state index >= 15 is 0 Å². The first-order chi connectivity index (χ1) is 8.58. The van der Waals surface area contributed by atoms with Gasteiger partial charge in [0.1, 0.15) is 0 Å². The smallest absolute Gasteiger partial charge is 0.232 e. The molecule has 100 valence electrons. The van der Waals surface area contributed by atoms with Gasteiger partial charge >= 0.3 is 0 Å². The fourth-order valence-electron chi connectivity index (χ4n) is 2.27. The van der Waals surface area contributed by atoms with Crippen molar-refractivity contribution in [1.29, 1.82) is 0 Å². The molecule has 0 spiro atoms. The fourth-order valence-corrected chi connectivity index (χ4v) is 2.27. The Morgan fingerprint density at radius 2 is 1.94 bits per heavy atom. The standard InChI is InChI=1S/C12H22N6/c1-9-7-5-4-6-8-18(9)12-15-10(13)14-11(16-12)17(2)3/h9H,4-8H2,1-3H3,(H2,13,14,15,16). The van der Waals surface area contributed by atoms with Crippen LogP contribution >= 0.6 is 0 Å². The number of nitrogen functional groups attached to an aromatic ring is 1. The molecule has 0 bridgehead atoms. The van der Waals surface area contributed by atoms with E-state index in [1.807, 2.05) is 19.0 Å². The Hall–Kier alpha value is -1.59. The molecule has 0 radical (unpaired) electrons. The number of rotatable bonds is 2. The predicted molar refractivity (Wildman–Crippen MR) is 73.8 cm³/mol. The van der Waals surface area contributed by atoms with Crippen LogP contribution in [-0.2, 0) is 0 Å². The summed E-state index contributed by atoms with van der Waals surface area (Å²) in [5.74, 6) is 1.62. The molecule has 2 N–H and O–H groups in total. The Morgan fingerprint density at radius 3 is 2.67 bits per heavy atom. The Morgan fingerprint density at radius 1 is 1.17 bits per heavy atom. The van der Waals surface area contributed by atoms with Crippen molar-refractivity contribution in [2.75, 3.05) is 36.2 Å². The first-order valence-electron chi connectivity index (χ1n) is 6.53. The number of nitrogens with two attached hydrogens (primary N) is 1. The maximum absolute atomic E-state index is 5.77. The minimum absolute atomic E-state index is 0.292. The molecule has 1 unspecified atom stereocenters. The van der Waals surface area contributed by atoms with E-state index in [1.54, 1.807) is 0 Å². The molecule has 0 saturated carbocycles. The summed E-state index contributed by atoms with van der Waals surface area (Å²) in [5, 5.41) is 0. The maximum Gasteiger partial charge on any atom is 0.232 e. The van der Waals surface area contributed by atoms with Crippen molar-refractivity contribution in [2.45, 2.75) is 38.6 Å². The van der Waals surface area contributed by atoms with E-state index < -0.39 is 0 Å². The molecule has 2 rings (SSSR count). The van der Waals surface area contributed by atoms with E-state index in [2.05, 4.69) is 26.8 Å². The van der Waals surface area contributed by atoms with E-state index in [4.69, 9.17) is 5.73 Å². The third kappa shape index (κ3) is 2.80. The molecule has 1 aromatic heterocycles. The average molecular weight is 250 g/mol. The van der Waals surface area contributed by atoms with Gasteiger partial charge in [-0.15, -0.1) is 0 Å². The van der Waals surface area contributed by atoms with Crippen molar-refractivity contribution in [3.05, 3.63) is 0 Å². The molecular weight excluding hydrogens is 228 g/mol. The molecule has 0 aromatic carbocycles. The van der Waals surface area contributed by atoms with Crippen molar-refractivity contribution in [3.8, 4) is 0 Å². The SMILES string of the molecule is CC1CCCCCN1c1nc(N)nc(N(C)C)n1. The highest BCUT2D eigenvalue weighted by molar-refractivity contribution is 5.43. The number of aromatic nitrogens is 3. The molecule has 6 nitrogen and oxygen atoms in total. The van der Waals surface area contributed by atoms with Crippen LogP contribution in [0.1, 0.15) is 32.6 Å². The Labute approximate surface area is 108 Å². The monoisotopic (exact) mass is 250 g/mol. The highest BCUT2D eigenvalue weighted by Gasteiger charge is 2.21. The van der Waals surface area contributed by atoms with Gasteiger partial charge in [-0.25, -0.2) is 0 Å². The molecule has 1 fully saturated rings. The van der Waals surface area contributed by atoms with E-state index in [0.29, 0.717) is 23.9 Å². The summed E-state index contributed by atoms with van der Waals surface area (Å²) in [4.78, 5) is 17.0. The fraction of sp³-hybridized carbons (Fsp3) is 0.750. The lowest BCUT2D eigenvalue weighted by Crippen LogP contribution is -2.34. The van der Waals surface area contributed by atoms with E-state index in [9.17, 15) is 0 Å². The Balaban J connectivity index is 2.30. The predicted octanol–water partition coefficient (Wildman–Crippen LogP) is 1.29. The lowest BCUT2D eigenvalue weighted by molar-refractivity contribution is 0.604. The van der Waals surface area contributed by atoms with Crippen LogP contribution in [0.25, 0.3) is 0 Å². The Kier molecular flexibility index (Phi) is 3.84. The van der Waals surface area contributed by atoms with E-state index in [0.717, 1.165) is 6.54 Å². The molecule has 1 saturated heterocycles. The quantitative estimate of drug-likeness (QED) is 0.852. The highest BCUT2D eigenvalue weighted by Crippen LogP contribution is 2.22. The van der Waals surface area contributed by atoms with Crippen LogP contribution in [-0.4, -0.2) is 41.6 Å². The van der Waals surface area contributed by atoms with Gasteiger partial charge < -0.3 is 15.5 Å². The maximum atomic E-state index is 5.77. The van der Waals surface area contributed by atoms with Gasteiger partial charge in [-0.3, -0.25) is 0 Å². The minimum Gasteiger partial charge on any atom is -0.368 e. The van der Waals surface area contributed by atoms with Gasteiger partial charge in [0.05, 0.1) is 0 Å². The van der Waals surface area contributed by atoms with Crippen molar-refractivity contribution in [2.24, 2.45) is 0 Å². The second kappa shape index (κ2) is 5.37. The van der Waals surface area contributed by atoms with Crippen molar-refractivity contribution in [3.63, 3.8) is 0 Å². The zero-order chi connectivity index (χ0) is 13.1. The van der Waals surface area contributed by atoms with E-state index in [-0.39, 0.29) is 0 Å². The van der Waals surface area contributed by atoms with E-state index in [1.165, 1.54) is 25.7 Å². The second-order valence-electron chi connectivity index (χ2n) is 5.08. The number of hydrogen-bond acceptors (Lipinski definition) is 6. The summed E-state index contributed by atoms with van der Waals surface area (Å²) in [5.41, 5.74) is 5.77. The molecule has 1 aromatic rings. The summed E-state index contributed by atoms with van der Waals surface area (Å²) in [6, 6.07) is 0.462. The van der Waals surface area contributed by atoms with Crippen molar-refractivity contribution >= 4 is 17.8 Å². The van der Waals surface area contributed by atoms with Gasteiger partial charge in [-0.1, -0.05) is 12.8 Å². The Bertz CT molecular complexity index is 406. The molecule has 1 aliphatic rings. The summed E-state index contributed by atoms with van der Waals surface area (Å²) < 4.78 is 0. The zero-order valence-corrected chi connectivity index (χ0v) is 11.4. The van der Waals surface area contributed by atoms with Crippen LogP contribution in [0.4, 0.5) is 17.8 Å². The topological polar surface area (TPSA) is 71.2 Å². The molecule has 18 heavy (non-hydrogen) atoms. The first kappa shape index (κ1) is 12.9. The average Bonchev–Trinajstić information content (AvgIpc) is 2.53. The number of hydrogen-bond donors (Lipinski definition) is 1. The van der Waals surface area contributed by atoms with Crippen molar-refractivity contribution < 1.29 is 0 Å². The second-order valence-corrected chi connectivity index (χ2v) is 5.08. The zero-order valence-electron chi connectivity index (χ0n) is 11.4. The normalized spacial score (nSPS) is 20.6. The lowest BCUT2D eigenvalue weighted by atomic mass is 10.1. The molecule has 1 atom stereocenters. The van der Waals surface area contributed by atoms with Gasteiger partial charge in [0, 0.05) is 26.7 Å². The van der Waals surface area contributed by atoms with Gasteiger partial charge in [-0.05, 0) is 19.8 Å². The number of anilines is 3. The molecule has 1 aliphatic heterocycles. The van der Waals surface area contributed by atoms with Crippen LogP contribution in [0.2, 0.25) is 0 Å². The minimum atomic E-state index is 0.292. The van der Waals surface area contributed by atoms with Crippen molar-refractivity contribution in [1.82, 2.24) is 15.0 Å². The molecule has 0 amide bonds. The lowest BCUT2D eigenvalue weighted by Gasteiger charge is -2.27. The van der Waals surface area contributed by atoms with Crippen LogP contribution < -0.4 is 15.5 Å².